The van der Waals surface area contributed by atoms with Crippen molar-refractivity contribution in [3.05, 3.63) is 45.5 Å². The van der Waals surface area contributed by atoms with Crippen LogP contribution in [0.1, 0.15) is 5.56 Å². The highest BCUT2D eigenvalue weighted by molar-refractivity contribution is 7.19. The highest BCUT2D eigenvalue weighted by Crippen LogP contribution is 2.32. The van der Waals surface area contributed by atoms with Crippen LogP contribution in [0.25, 0.3) is 16.2 Å². The SMILES string of the molecule is Cc1ccc2c(Cl)nc(-c3ccc(Cl)s3)n2c1. The van der Waals surface area contributed by atoms with Crippen molar-refractivity contribution in [3.63, 3.8) is 0 Å². The summed E-state index contributed by atoms with van der Waals surface area (Å²) in [5.41, 5.74) is 2.08. The van der Waals surface area contributed by atoms with Gasteiger partial charge in [0.05, 0.1) is 14.7 Å². The van der Waals surface area contributed by atoms with Gasteiger partial charge in [0.1, 0.15) is 0 Å². The average Bonchev–Trinajstić information content (AvgIpc) is 2.83. The normalized spacial score (nSPS) is 11.2. The van der Waals surface area contributed by atoms with Gasteiger partial charge < -0.3 is 0 Å². The van der Waals surface area contributed by atoms with Gasteiger partial charge in [-0.25, -0.2) is 4.98 Å². The predicted molar refractivity (Wildman–Crippen MR) is 73.3 cm³/mol. The van der Waals surface area contributed by atoms with Crippen molar-refractivity contribution < 1.29 is 0 Å². The van der Waals surface area contributed by atoms with Crippen LogP contribution in [0, 0.1) is 6.92 Å². The van der Waals surface area contributed by atoms with E-state index in [1.807, 2.05) is 41.8 Å². The molecule has 0 radical (unpaired) electrons. The van der Waals surface area contributed by atoms with E-state index >= 15 is 0 Å². The molecular weight excluding hydrogens is 275 g/mol. The van der Waals surface area contributed by atoms with E-state index in [0.29, 0.717) is 5.15 Å². The van der Waals surface area contributed by atoms with Crippen LogP contribution in [0.2, 0.25) is 9.49 Å². The third kappa shape index (κ3) is 1.84. The van der Waals surface area contributed by atoms with Gasteiger partial charge in [-0.2, -0.15) is 0 Å². The van der Waals surface area contributed by atoms with Crippen molar-refractivity contribution in [2.45, 2.75) is 6.92 Å². The van der Waals surface area contributed by atoms with Crippen molar-refractivity contribution >= 4 is 40.1 Å². The molecule has 0 bridgehead atoms. The van der Waals surface area contributed by atoms with Crippen LogP contribution >= 0.6 is 34.5 Å². The lowest BCUT2D eigenvalue weighted by molar-refractivity contribution is 1.15. The Morgan fingerprint density at radius 1 is 1.18 bits per heavy atom. The zero-order chi connectivity index (χ0) is 12.0. The van der Waals surface area contributed by atoms with Crippen LogP contribution < -0.4 is 0 Å². The molecule has 0 amide bonds. The van der Waals surface area contributed by atoms with Crippen LogP contribution in [0.15, 0.2) is 30.5 Å². The third-order valence-electron chi connectivity index (χ3n) is 2.53. The lowest BCUT2D eigenvalue weighted by Gasteiger charge is -1.99. The van der Waals surface area contributed by atoms with E-state index in [-0.39, 0.29) is 0 Å². The maximum Gasteiger partial charge on any atom is 0.156 e. The number of rotatable bonds is 1. The lowest BCUT2D eigenvalue weighted by Crippen LogP contribution is -1.88. The molecule has 0 N–H and O–H groups in total. The van der Waals surface area contributed by atoms with Gasteiger partial charge in [-0.1, -0.05) is 29.3 Å². The van der Waals surface area contributed by atoms with Crippen molar-refractivity contribution in [3.8, 4) is 10.7 Å². The summed E-state index contributed by atoms with van der Waals surface area (Å²) in [7, 11) is 0. The Morgan fingerprint density at radius 2 is 2.00 bits per heavy atom. The molecule has 86 valence electrons. The zero-order valence-corrected chi connectivity index (χ0v) is 11.3. The molecule has 0 atom stereocenters. The third-order valence-corrected chi connectivity index (χ3v) is 4.04. The molecule has 0 aromatic carbocycles. The fraction of sp³-hybridized carbons (Fsp3) is 0.0833. The van der Waals surface area contributed by atoms with Crippen molar-refractivity contribution in [2.24, 2.45) is 0 Å². The summed E-state index contributed by atoms with van der Waals surface area (Å²) >= 11 is 13.6. The molecule has 17 heavy (non-hydrogen) atoms. The van der Waals surface area contributed by atoms with Gasteiger partial charge in [0.15, 0.2) is 11.0 Å². The Labute approximate surface area is 112 Å². The van der Waals surface area contributed by atoms with Crippen LogP contribution in [0.5, 0.6) is 0 Å². The maximum atomic E-state index is 6.13. The second-order valence-corrected chi connectivity index (χ2v) is 5.86. The second kappa shape index (κ2) is 4.02. The van der Waals surface area contributed by atoms with Gasteiger partial charge in [0.2, 0.25) is 0 Å². The van der Waals surface area contributed by atoms with Crippen LogP contribution in [-0.2, 0) is 0 Å². The molecule has 3 heterocycles. The number of hydrogen-bond acceptors (Lipinski definition) is 2. The quantitative estimate of drug-likeness (QED) is 0.634. The Morgan fingerprint density at radius 3 is 2.71 bits per heavy atom. The van der Waals surface area contributed by atoms with Gasteiger partial charge in [0, 0.05) is 6.20 Å². The lowest BCUT2D eigenvalue weighted by atomic mass is 10.3. The molecular formula is C12H8Cl2N2S. The Hall–Kier alpha value is -1.03. The highest BCUT2D eigenvalue weighted by Gasteiger charge is 2.12. The molecule has 5 heteroatoms. The maximum absolute atomic E-state index is 6.13. The molecule has 0 saturated heterocycles. The smallest absolute Gasteiger partial charge is 0.156 e. The minimum atomic E-state index is 0.518. The zero-order valence-electron chi connectivity index (χ0n) is 8.95. The van der Waals surface area contributed by atoms with Gasteiger partial charge in [0.25, 0.3) is 0 Å². The Balaban J connectivity index is 2.33. The van der Waals surface area contributed by atoms with E-state index in [9.17, 15) is 0 Å². The van der Waals surface area contributed by atoms with E-state index in [0.717, 1.165) is 26.1 Å². The second-order valence-electron chi connectivity index (χ2n) is 3.79. The summed E-state index contributed by atoms with van der Waals surface area (Å²) in [6.07, 6.45) is 2.02. The first kappa shape index (κ1) is 11.1. The molecule has 3 rings (SSSR count). The summed E-state index contributed by atoms with van der Waals surface area (Å²) in [5.74, 6) is 0.839. The number of nitrogens with zero attached hydrogens (tertiary/aromatic N) is 2. The molecule has 2 nitrogen and oxygen atoms in total. The molecule has 0 fully saturated rings. The van der Waals surface area contributed by atoms with Gasteiger partial charge >= 0.3 is 0 Å². The number of aryl methyl sites for hydroxylation is 1. The van der Waals surface area contributed by atoms with Gasteiger partial charge in [-0.3, -0.25) is 4.40 Å². The topological polar surface area (TPSA) is 17.3 Å². The summed E-state index contributed by atoms with van der Waals surface area (Å²) in [6, 6.07) is 7.82. The van der Waals surface area contributed by atoms with E-state index in [2.05, 4.69) is 4.98 Å². The summed E-state index contributed by atoms with van der Waals surface area (Å²) in [5, 5.41) is 0.518. The Kier molecular flexibility index (Phi) is 2.62. The number of aromatic nitrogens is 2. The first-order valence-electron chi connectivity index (χ1n) is 5.05. The van der Waals surface area contributed by atoms with Crippen LogP contribution in [0.3, 0.4) is 0 Å². The fourth-order valence-electron chi connectivity index (χ4n) is 1.76. The summed E-state index contributed by atoms with van der Waals surface area (Å²) in [6.45, 7) is 2.04. The van der Waals surface area contributed by atoms with Crippen LogP contribution in [0.4, 0.5) is 0 Å². The van der Waals surface area contributed by atoms with Crippen molar-refractivity contribution in [1.82, 2.24) is 9.38 Å². The molecule has 3 aromatic rings. The molecule has 0 aliphatic carbocycles. The highest BCUT2D eigenvalue weighted by atomic mass is 35.5. The molecule has 0 aliphatic rings. The first-order valence-corrected chi connectivity index (χ1v) is 6.62. The summed E-state index contributed by atoms with van der Waals surface area (Å²) in [4.78, 5) is 5.41. The monoisotopic (exact) mass is 282 g/mol. The largest absolute Gasteiger partial charge is 0.297 e. The van der Waals surface area contributed by atoms with E-state index in [1.165, 1.54) is 11.3 Å². The number of pyridine rings is 1. The standard InChI is InChI=1S/C12H8Cl2N2S/c1-7-2-3-8-11(14)15-12(16(8)6-7)9-4-5-10(13)17-9/h2-6H,1H3. The number of thiophene rings is 1. The van der Waals surface area contributed by atoms with E-state index < -0.39 is 0 Å². The summed E-state index contributed by atoms with van der Waals surface area (Å²) < 4.78 is 2.75. The van der Waals surface area contributed by atoms with E-state index in [1.54, 1.807) is 0 Å². The molecule has 0 spiro atoms. The Bertz CT molecular complexity index is 700. The molecule has 3 aromatic heterocycles. The number of fused-ring (bicyclic) bond motifs is 1. The number of hydrogen-bond donors (Lipinski definition) is 0. The number of halogens is 2. The molecule has 0 unspecified atom stereocenters. The van der Waals surface area contributed by atoms with Crippen molar-refractivity contribution in [1.29, 1.82) is 0 Å². The number of imidazole rings is 1. The van der Waals surface area contributed by atoms with Crippen molar-refractivity contribution in [2.75, 3.05) is 0 Å². The van der Waals surface area contributed by atoms with Gasteiger partial charge in [-0.05, 0) is 30.7 Å². The van der Waals surface area contributed by atoms with E-state index in [4.69, 9.17) is 23.2 Å². The minimum Gasteiger partial charge on any atom is -0.297 e. The average molecular weight is 283 g/mol. The van der Waals surface area contributed by atoms with Crippen LogP contribution in [-0.4, -0.2) is 9.38 Å². The molecule has 0 saturated carbocycles. The van der Waals surface area contributed by atoms with Gasteiger partial charge in [-0.15, -0.1) is 11.3 Å². The molecule has 0 aliphatic heterocycles. The first-order chi connectivity index (χ1) is 8.15. The fourth-order valence-corrected chi connectivity index (χ4v) is 3.03. The minimum absolute atomic E-state index is 0.518. The predicted octanol–water partition coefficient (Wildman–Crippen LogP) is 4.68.